The summed E-state index contributed by atoms with van der Waals surface area (Å²) in [4.78, 5) is 44.6. The summed E-state index contributed by atoms with van der Waals surface area (Å²) >= 11 is 0. The van der Waals surface area contributed by atoms with Gasteiger partial charge in [0.25, 0.3) is 23.9 Å². The van der Waals surface area contributed by atoms with E-state index in [0.29, 0.717) is 49.8 Å². The number of carboxylic acids is 4. The van der Waals surface area contributed by atoms with E-state index in [1.807, 2.05) is 39.8 Å². The second kappa shape index (κ2) is 50.4. The van der Waals surface area contributed by atoms with Crippen LogP contribution in [0.15, 0.2) is 60.7 Å². The van der Waals surface area contributed by atoms with E-state index in [0.717, 1.165) is 202 Å². The Morgan fingerprint density at radius 2 is 0.535 bits per heavy atom. The molecule has 3 aromatic carbocycles. The standard InChI is InChI=1S/C58H90N8O4.4C2H4O2/c1-9-29-63(55(59)13-5)33-17-37-67-51-41-49(42-52(45-51)68-38-18-34-64(30-10-2)56(60)14-6)27-25-47-21-23-48(24-22-47)26-28-50-43-53(69-39-19-35-65(31-11-3)57(61)15-7)46-54(44-50)70-40-20-36-66(32-12-4)58(62)16-8;4*1-2(3)4/h21-28,41-46,59-62H,9-20,29-40H2,1-8H3;4*1H3,(H,3,4)/b27-25+,28-26+,59-55?,60-56?,61-57?,62-58?;;;;. The maximum atomic E-state index is 9.00. The molecule has 0 spiro atoms. The predicted molar refractivity (Wildman–Crippen MR) is 350 cm³/mol. The molecule has 0 saturated heterocycles. The fourth-order valence-corrected chi connectivity index (χ4v) is 8.10. The zero-order valence-corrected chi connectivity index (χ0v) is 53.9. The van der Waals surface area contributed by atoms with E-state index in [1.165, 1.54) is 0 Å². The summed E-state index contributed by atoms with van der Waals surface area (Å²) in [5.41, 5.74) is 4.10. The molecule has 0 saturated carbocycles. The van der Waals surface area contributed by atoms with Crippen molar-refractivity contribution in [3.8, 4) is 23.0 Å². The van der Waals surface area contributed by atoms with Crippen LogP contribution in [-0.2, 0) is 19.2 Å². The topological polar surface area (TPSA) is 294 Å². The number of rotatable bonds is 36. The third-order valence-electron chi connectivity index (χ3n) is 11.9. The molecule has 8 N–H and O–H groups in total. The Kier molecular flexibility index (Phi) is 47.0. The minimum Gasteiger partial charge on any atom is -0.493 e. The Bertz CT molecular complexity index is 2170. The Balaban J connectivity index is 0. The number of carboxylic acid groups (broad SMARTS) is 4. The summed E-state index contributed by atoms with van der Waals surface area (Å²) in [6.45, 7) is 30.0. The lowest BCUT2D eigenvalue weighted by Crippen LogP contribution is -2.32. The molecule has 0 fully saturated rings. The number of benzene rings is 3. The summed E-state index contributed by atoms with van der Waals surface area (Å²) in [6, 6.07) is 20.6. The fourth-order valence-electron chi connectivity index (χ4n) is 8.10. The van der Waals surface area contributed by atoms with Gasteiger partial charge in [-0.15, -0.1) is 0 Å². The number of nitrogens with one attached hydrogen (secondary N) is 4. The summed E-state index contributed by atoms with van der Waals surface area (Å²) < 4.78 is 25.3. The van der Waals surface area contributed by atoms with Crippen LogP contribution in [0.4, 0.5) is 0 Å². The predicted octanol–water partition coefficient (Wildman–Crippen LogP) is 13.9. The van der Waals surface area contributed by atoms with Gasteiger partial charge >= 0.3 is 0 Å². The number of nitrogens with zero attached hydrogens (tertiary/aromatic N) is 4. The highest BCUT2D eigenvalue weighted by Gasteiger charge is 2.12. The third-order valence-corrected chi connectivity index (χ3v) is 11.9. The van der Waals surface area contributed by atoms with Gasteiger partial charge in [0.2, 0.25) is 0 Å². The largest absolute Gasteiger partial charge is 0.493 e. The minimum absolute atomic E-state index is 0.545. The van der Waals surface area contributed by atoms with E-state index in [1.54, 1.807) is 0 Å². The van der Waals surface area contributed by atoms with Crippen molar-refractivity contribution in [3.05, 3.63) is 82.9 Å². The van der Waals surface area contributed by atoms with Crippen molar-refractivity contribution in [1.29, 1.82) is 21.6 Å². The molecule has 3 aromatic rings. The molecule has 0 aromatic heterocycles. The van der Waals surface area contributed by atoms with Crippen LogP contribution in [0.5, 0.6) is 23.0 Å². The number of aliphatic carboxylic acids is 4. The highest BCUT2D eigenvalue weighted by molar-refractivity contribution is 5.80. The summed E-state index contributed by atoms with van der Waals surface area (Å²) in [7, 11) is 0. The van der Waals surface area contributed by atoms with Gasteiger partial charge in [-0.2, -0.15) is 0 Å². The molecular formula is C66H106N8O12. The van der Waals surface area contributed by atoms with Crippen LogP contribution in [-0.4, -0.2) is 166 Å². The molecule has 3 rings (SSSR count). The first-order valence-corrected chi connectivity index (χ1v) is 30.3. The third kappa shape index (κ3) is 42.8. The van der Waals surface area contributed by atoms with E-state index in [9.17, 15) is 0 Å². The molecule has 0 bridgehead atoms. The van der Waals surface area contributed by atoms with Gasteiger partial charge < -0.3 is 59.0 Å². The Morgan fingerprint density at radius 3 is 0.709 bits per heavy atom. The normalized spacial score (nSPS) is 10.3. The Morgan fingerprint density at radius 1 is 0.349 bits per heavy atom. The number of hydrogen-bond acceptors (Lipinski definition) is 12. The van der Waals surface area contributed by atoms with Gasteiger partial charge in [0, 0.05) is 118 Å². The van der Waals surface area contributed by atoms with Crippen molar-refractivity contribution in [1.82, 2.24) is 19.6 Å². The average Bonchev–Trinajstić information content (AvgIpc) is 3.61. The van der Waals surface area contributed by atoms with Crippen LogP contribution in [0.1, 0.15) is 182 Å². The summed E-state index contributed by atoms with van der Waals surface area (Å²) in [6.07, 6.45) is 18.6. The van der Waals surface area contributed by atoms with Crippen molar-refractivity contribution in [3.63, 3.8) is 0 Å². The fraction of sp³-hybridized carbons (Fsp3) is 0.545. The van der Waals surface area contributed by atoms with Gasteiger partial charge in [-0.1, -0.05) is 104 Å². The molecule has 0 atom stereocenters. The molecule has 0 radical (unpaired) electrons. The van der Waals surface area contributed by atoms with E-state index >= 15 is 0 Å². The van der Waals surface area contributed by atoms with Gasteiger partial charge in [-0.3, -0.25) is 40.8 Å². The van der Waals surface area contributed by atoms with E-state index in [4.69, 9.17) is 80.2 Å². The summed E-state index contributed by atoms with van der Waals surface area (Å²) in [5, 5.41) is 63.1. The van der Waals surface area contributed by atoms with Crippen molar-refractivity contribution < 1.29 is 58.6 Å². The lowest BCUT2D eigenvalue weighted by Gasteiger charge is -2.24. The maximum absolute atomic E-state index is 9.00. The van der Waals surface area contributed by atoms with Crippen LogP contribution in [0, 0.1) is 21.6 Å². The SMILES string of the molecule is CC(=O)O.CC(=O)O.CC(=O)O.CC(=O)O.CCCN(CCCOc1cc(/C=C/c2ccc(/C=C/c3cc(OCCCN(CCC)C(=N)CC)cc(OCCCN(CCC)C(=N)CC)c3)cc2)cc(OCCCN(CCC)C(=N)CC)c1)C(=N)CC. The van der Waals surface area contributed by atoms with Crippen molar-refractivity contribution in [2.45, 2.75) is 160 Å². The number of ether oxygens (including phenoxy) is 4. The lowest BCUT2D eigenvalue weighted by atomic mass is 10.1. The Hall–Kier alpha value is -7.90. The molecule has 482 valence electrons. The monoisotopic (exact) mass is 1200 g/mol. The van der Waals surface area contributed by atoms with Gasteiger partial charge in [-0.05, 0) is 97.9 Å². The molecule has 0 heterocycles. The second-order valence-electron chi connectivity index (χ2n) is 19.8. The lowest BCUT2D eigenvalue weighted by molar-refractivity contribution is -0.135. The van der Waals surface area contributed by atoms with Gasteiger partial charge in [0.05, 0.1) is 49.8 Å². The van der Waals surface area contributed by atoms with Crippen LogP contribution in [0.2, 0.25) is 0 Å². The molecule has 0 amide bonds. The molecule has 20 heteroatoms. The smallest absolute Gasteiger partial charge is 0.300 e. The minimum atomic E-state index is -0.833. The van der Waals surface area contributed by atoms with Crippen molar-refractivity contribution in [2.75, 3.05) is 78.8 Å². The first kappa shape index (κ1) is 80.2. The molecule has 0 aliphatic carbocycles. The number of carbonyl (C=O) groups is 4. The van der Waals surface area contributed by atoms with Gasteiger partial charge in [0.15, 0.2) is 0 Å². The molecule has 0 unspecified atom stereocenters. The van der Waals surface area contributed by atoms with Crippen molar-refractivity contribution in [2.24, 2.45) is 0 Å². The van der Waals surface area contributed by atoms with Crippen LogP contribution in [0.3, 0.4) is 0 Å². The second-order valence-corrected chi connectivity index (χ2v) is 19.8. The first-order chi connectivity index (χ1) is 40.9. The van der Waals surface area contributed by atoms with Crippen LogP contribution >= 0.6 is 0 Å². The highest BCUT2D eigenvalue weighted by atomic mass is 16.5. The zero-order chi connectivity index (χ0) is 65.2. The summed E-state index contributed by atoms with van der Waals surface area (Å²) in [5.74, 6) is 2.40. The zero-order valence-electron chi connectivity index (χ0n) is 53.9. The van der Waals surface area contributed by atoms with Gasteiger partial charge in [-0.25, -0.2) is 0 Å². The first-order valence-electron chi connectivity index (χ1n) is 30.3. The Labute approximate surface area is 514 Å². The van der Waals surface area contributed by atoms with Crippen LogP contribution < -0.4 is 18.9 Å². The molecule has 86 heavy (non-hydrogen) atoms. The molecule has 0 aliphatic rings. The number of amidine groups is 4. The molecule has 0 aliphatic heterocycles. The maximum Gasteiger partial charge on any atom is 0.300 e. The van der Waals surface area contributed by atoms with Gasteiger partial charge in [0.1, 0.15) is 23.0 Å². The van der Waals surface area contributed by atoms with Crippen LogP contribution in [0.25, 0.3) is 24.3 Å². The van der Waals surface area contributed by atoms with E-state index < -0.39 is 23.9 Å². The quantitative estimate of drug-likeness (QED) is 0.0116. The van der Waals surface area contributed by atoms with E-state index in [2.05, 4.69) is 120 Å². The average molecular weight is 1200 g/mol. The number of hydrogen-bond donors (Lipinski definition) is 8. The van der Waals surface area contributed by atoms with Crippen molar-refractivity contribution >= 4 is 71.5 Å². The molecular weight excluding hydrogens is 1100 g/mol. The van der Waals surface area contributed by atoms with E-state index in [-0.39, 0.29) is 0 Å². The molecule has 20 nitrogen and oxygen atoms in total. The highest BCUT2D eigenvalue weighted by Crippen LogP contribution is 2.27.